The van der Waals surface area contributed by atoms with E-state index in [0.29, 0.717) is 5.02 Å². The molecule has 2 aliphatic rings. The van der Waals surface area contributed by atoms with Crippen LogP contribution in [-0.4, -0.2) is 5.11 Å². The van der Waals surface area contributed by atoms with E-state index in [1.807, 2.05) is 0 Å². The van der Waals surface area contributed by atoms with Crippen molar-refractivity contribution in [2.75, 3.05) is 0 Å². The molecule has 0 aromatic heterocycles. The largest absolute Gasteiger partial charge is 0.506 e. The molecule has 1 fully saturated rings. The van der Waals surface area contributed by atoms with Gasteiger partial charge in [0.25, 0.3) is 0 Å². The number of rotatable bonds is 1. The second kappa shape index (κ2) is 3.63. The van der Waals surface area contributed by atoms with Gasteiger partial charge in [0.2, 0.25) is 0 Å². The van der Waals surface area contributed by atoms with E-state index in [-0.39, 0.29) is 11.3 Å². The summed E-state index contributed by atoms with van der Waals surface area (Å²) in [4.78, 5) is 0. The molecule has 1 saturated carbocycles. The third kappa shape index (κ3) is 1.58. The Bertz CT molecular complexity index is 492. The van der Waals surface area contributed by atoms with E-state index in [1.165, 1.54) is 24.0 Å². The van der Waals surface area contributed by atoms with Crippen LogP contribution in [0.4, 0.5) is 0 Å². The lowest BCUT2D eigenvalue weighted by Crippen LogP contribution is -2.22. The molecule has 1 aromatic carbocycles. The molecule has 0 radical (unpaired) electrons. The molecular weight excluding hydrogens is 234 g/mol. The smallest absolute Gasteiger partial charge is 0.139 e. The van der Waals surface area contributed by atoms with Crippen LogP contribution in [0.2, 0.25) is 5.02 Å². The van der Waals surface area contributed by atoms with Crippen LogP contribution in [0.5, 0.6) is 5.75 Å². The molecular formula is C14H18ClNO. The summed E-state index contributed by atoms with van der Waals surface area (Å²) in [6.45, 7) is 2.09. The summed E-state index contributed by atoms with van der Waals surface area (Å²) in [5.74, 6) is 0.241. The first-order valence-electron chi connectivity index (χ1n) is 6.37. The van der Waals surface area contributed by atoms with Crippen molar-refractivity contribution in [1.82, 2.24) is 0 Å². The molecule has 0 amide bonds. The molecule has 1 aromatic rings. The number of hydrogen-bond donors (Lipinski definition) is 2. The molecule has 3 heteroatoms. The Kier molecular flexibility index (Phi) is 2.43. The molecule has 0 unspecified atom stereocenters. The molecule has 0 heterocycles. The van der Waals surface area contributed by atoms with Gasteiger partial charge in [-0.05, 0) is 62.1 Å². The Labute approximate surface area is 107 Å². The maximum Gasteiger partial charge on any atom is 0.139 e. The fourth-order valence-electron chi connectivity index (χ4n) is 3.14. The van der Waals surface area contributed by atoms with Crippen molar-refractivity contribution < 1.29 is 5.11 Å². The van der Waals surface area contributed by atoms with Crippen LogP contribution in [-0.2, 0) is 18.4 Å². The molecule has 0 bridgehead atoms. The van der Waals surface area contributed by atoms with E-state index in [4.69, 9.17) is 17.3 Å². The molecule has 0 saturated heterocycles. The minimum Gasteiger partial charge on any atom is -0.506 e. The summed E-state index contributed by atoms with van der Waals surface area (Å²) >= 11 is 6.32. The van der Waals surface area contributed by atoms with Gasteiger partial charge in [-0.2, -0.15) is 0 Å². The van der Waals surface area contributed by atoms with Gasteiger partial charge in [-0.1, -0.05) is 11.6 Å². The molecule has 3 N–H and O–H groups in total. The summed E-state index contributed by atoms with van der Waals surface area (Å²) in [7, 11) is 0. The lowest BCUT2D eigenvalue weighted by atomic mass is 9.83. The maximum absolute atomic E-state index is 10.3. The summed E-state index contributed by atoms with van der Waals surface area (Å²) in [5, 5.41) is 10.9. The first-order valence-corrected chi connectivity index (χ1v) is 6.74. The van der Waals surface area contributed by atoms with Crippen LogP contribution in [0, 0.1) is 6.92 Å². The van der Waals surface area contributed by atoms with E-state index in [1.54, 1.807) is 0 Å². The zero-order valence-electron chi connectivity index (χ0n) is 10.1. The third-order valence-corrected chi connectivity index (χ3v) is 4.70. The van der Waals surface area contributed by atoms with E-state index >= 15 is 0 Å². The highest BCUT2D eigenvalue weighted by Gasteiger charge is 2.44. The zero-order chi connectivity index (χ0) is 12.2. The van der Waals surface area contributed by atoms with Crippen LogP contribution < -0.4 is 5.73 Å². The van der Waals surface area contributed by atoms with Crippen LogP contribution in [0.25, 0.3) is 0 Å². The molecule has 0 spiro atoms. The average molecular weight is 252 g/mol. The standard InChI is InChI=1S/C14H18ClNO/c1-8-9-4-2-3-5-10(9)12(15)13(17)11(8)14(16)6-7-14/h17H,2-7,16H2,1H3. The third-order valence-electron chi connectivity index (χ3n) is 4.29. The van der Waals surface area contributed by atoms with Crippen molar-refractivity contribution in [2.45, 2.75) is 51.0 Å². The first-order chi connectivity index (χ1) is 8.04. The molecule has 0 aliphatic heterocycles. The van der Waals surface area contributed by atoms with Crippen LogP contribution in [0.15, 0.2) is 0 Å². The second-order valence-electron chi connectivity index (χ2n) is 5.48. The second-order valence-corrected chi connectivity index (χ2v) is 5.86. The van der Waals surface area contributed by atoms with Crippen molar-refractivity contribution in [3.05, 3.63) is 27.3 Å². The predicted molar refractivity (Wildman–Crippen MR) is 69.6 cm³/mol. The van der Waals surface area contributed by atoms with Gasteiger partial charge in [0, 0.05) is 11.1 Å². The van der Waals surface area contributed by atoms with Gasteiger partial charge < -0.3 is 10.8 Å². The van der Waals surface area contributed by atoms with Gasteiger partial charge in [0.15, 0.2) is 0 Å². The highest BCUT2D eigenvalue weighted by molar-refractivity contribution is 6.33. The van der Waals surface area contributed by atoms with Crippen molar-refractivity contribution >= 4 is 11.6 Å². The SMILES string of the molecule is Cc1c2c(c(Cl)c(O)c1C1(N)CC1)CCCC2. The van der Waals surface area contributed by atoms with Gasteiger partial charge in [-0.3, -0.25) is 0 Å². The number of benzene rings is 1. The minimum absolute atomic E-state index is 0.241. The van der Waals surface area contributed by atoms with Gasteiger partial charge in [-0.25, -0.2) is 0 Å². The number of phenolic OH excluding ortho intramolecular Hbond substituents is 1. The van der Waals surface area contributed by atoms with Crippen LogP contribution in [0.3, 0.4) is 0 Å². The number of hydrogen-bond acceptors (Lipinski definition) is 2. The Morgan fingerprint density at radius 3 is 2.35 bits per heavy atom. The molecule has 17 heavy (non-hydrogen) atoms. The summed E-state index contributed by atoms with van der Waals surface area (Å²) in [5.41, 5.74) is 10.5. The van der Waals surface area contributed by atoms with Crippen LogP contribution >= 0.6 is 11.6 Å². The highest BCUT2D eigenvalue weighted by Crippen LogP contribution is 2.52. The molecule has 92 valence electrons. The lowest BCUT2D eigenvalue weighted by Gasteiger charge is -2.25. The lowest BCUT2D eigenvalue weighted by molar-refractivity contribution is 0.456. The van der Waals surface area contributed by atoms with Gasteiger partial charge in [0.05, 0.1) is 5.02 Å². The van der Waals surface area contributed by atoms with Gasteiger partial charge in [0.1, 0.15) is 5.75 Å². The number of aromatic hydroxyl groups is 1. The minimum atomic E-state index is -0.315. The average Bonchev–Trinajstić information content (AvgIpc) is 3.05. The maximum atomic E-state index is 10.3. The summed E-state index contributed by atoms with van der Waals surface area (Å²) < 4.78 is 0. The fourth-order valence-corrected chi connectivity index (χ4v) is 3.44. The Hall–Kier alpha value is -0.730. The zero-order valence-corrected chi connectivity index (χ0v) is 10.9. The van der Waals surface area contributed by atoms with E-state index in [2.05, 4.69) is 6.92 Å². The predicted octanol–water partition coefficient (Wildman–Crippen LogP) is 3.18. The number of halogens is 1. The normalized spacial score (nSPS) is 21.1. The molecule has 2 nitrogen and oxygen atoms in total. The monoisotopic (exact) mass is 251 g/mol. The Balaban J connectivity index is 2.26. The van der Waals surface area contributed by atoms with E-state index in [0.717, 1.165) is 36.8 Å². The molecule has 0 atom stereocenters. The van der Waals surface area contributed by atoms with Crippen molar-refractivity contribution in [1.29, 1.82) is 0 Å². The van der Waals surface area contributed by atoms with Crippen LogP contribution in [0.1, 0.15) is 47.9 Å². The fraction of sp³-hybridized carbons (Fsp3) is 0.571. The highest BCUT2D eigenvalue weighted by atomic mass is 35.5. The Morgan fingerprint density at radius 2 is 1.76 bits per heavy atom. The van der Waals surface area contributed by atoms with Crippen molar-refractivity contribution in [3.8, 4) is 5.75 Å². The number of phenols is 1. The quantitative estimate of drug-likeness (QED) is 0.805. The molecule has 3 rings (SSSR count). The van der Waals surface area contributed by atoms with Crippen molar-refractivity contribution in [2.24, 2.45) is 5.73 Å². The van der Waals surface area contributed by atoms with Gasteiger partial charge in [-0.15, -0.1) is 0 Å². The molecule has 2 aliphatic carbocycles. The van der Waals surface area contributed by atoms with Gasteiger partial charge >= 0.3 is 0 Å². The summed E-state index contributed by atoms with van der Waals surface area (Å²) in [6.07, 6.45) is 6.35. The number of fused-ring (bicyclic) bond motifs is 1. The van der Waals surface area contributed by atoms with E-state index in [9.17, 15) is 5.11 Å². The summed E-state index contributed by atoms with van der Waals surface area (Å²) in [6, 6.07) is 0. The van der Waals surface area contributed by atoms with E-state index < -0.39 is 0 Å². The first kappa shape index (κ1) is 11.4. The Morgan fingerprint density at radius 1 is 1.18 bits per heavy atom. The number of nitrogens with two attached hydrogens (primary N) is 1. The van der Waals surface area contributed by atoms with Crippen molar-refractivity contribution in [3.63, 3.8) is 0 Å². The topological polar surface area (TPSA) is 46.2 Å².